The lowest BCUT2D eigenvalue weighted by Crippen LogP contribution is -2.61. The molecule has 0 aliphatic rings. The Kier molecular flexibility index (Phi) is 52.3. The molecule has 0 radical (unpaired) electrons. The Labute approximate surface area is 681 Å². The lowest BCUT2D eigenvalue weighted by atomic mass is 9.97. The number of carboxylic acid groups (broad SMARTS) is 2. The number of carboxylic acids is 2. The summed E-state index contributed by atoms with van der Waals surface area (Å²) < 4.78 is 0. The molecule has 36 nitrogen and oxygen atoms in total. The molecular weight excluding hydrogens is 1510 g/mol. The molecule has 0 unspecified atom stereocenters. The van der Waals surface area contributed by atoms with Crippen molar-refractivity contribution in [2.24, 2.45) is 51.4 Å². The predicted molar refractivity (Wildman–Crippen MR) is 437 cm³/mol. The van der Waals surface area contributed by atoms with Gasteiger partial charge in [-0.05, 0) is 101 Å². The molecule has 115 heavy (non-hydrogen) atoms. The van der Waals surface area contributed by atoms with Crippen LogP contribution in [0.5, 0.6) is 0 Å². The van der Waals surface area contributed by atoms with Crippen LogP contribution in [0.2, 0.25) is 0 Å². The van der Waals surface area contributed by atoms with Crippen LogP contribution in [0.25, 0.3) is 0 Å². The Bertz CT molecular complexity index is 3300. The average molecular weight is 1640 g/mol. The summed E-state index contributed by atoms with van der Waals surface area (Å²) in [5.41, 5.74) is 28.4. The fourth-order valence-corrected chi connectivity index (χ4v) is 12.4. The second-order valence-electron chi connectivity index (χ2n) is 29.9. The van der Waals surface area contributed by atoms with E-state index in [2.05, 4.69) is 88.3 Å². The highest BCUT2D eigenvalue weighted by Gasteiger charge is 2.38. The van der Waals surface area contributed by atoms with E-state index in [1.54, 1.807) is 65.0 Å². The van der Waals surface area contributed by atoms with Gasteiger partial charge in [0.1, 0.15) is 72.5 Å². The minimum atomic E-state index is -1.94. The van der Waals surface area contributed by atoms with Gasteiger partial charge < -0.3 is 103 Å². The quantitative estimate of drug-likeness (QED) is 0.0186. The number of hydrogen-bond acceptors (Lipinski definition) is 19. The number of aliphatic carboxylic acids is 2. The number of rotatable bonds is 63. The molecule has 0 saturated heterocycles. The van der Waals surface area contributed by atoms with Gasteiger partial charge in [-0.2, -0.15) is 12.6 Å². The van der Waals surface area contributed by atoms with Crippen LogP contribution in [0.1, 0.15) is 241 Å². The molecule has 0 aliphatic carbocycles. The molecule has 0 aliphatic heterocycles. The summed E-state index contributed by atoms with van der Waals surface area (Å²) in [5, 5.41) is 50.1. The molecule has 24 N–H and O–H groups in total. The fraction of sp³-hybridized carbons (Fsp3) is 0.705. The number of unbranched alkanes of at least 4 members (excludes halogenated alkanes) is 13. The van der Waals surface area contributed by atoms with Crippen molar-refractivity contribution in [1.82, 2.24) is 63.8 Å². The summed E-state index contributed by atoms with van der Waals surface area (Å²) in [6, 6.07) is -9.61. The van der Waals surface area contributed by atoms with Gasteiger partial charge in [0.15, 0.2) is 5.96 Å². The van der Waals surface area contributed by atoms with E-state index >= 15 is 0 Å². The largest absolute Gasteiger partial charge is 0.481 e. The van der Waals surface area contributed by atoms with Gasteiger partial charge in [-0.25, -0.2) is 4.79 Å². The van der Waals surface area contributed by atoms with Gasteiger partial charge in [0.25, 0.3) is 0 Å². The molecule has 1 aromatic rings. The minimum absolute atomic E-state index is 0.0296. The number of primary amides is 2. The number of nitrogens with one attached hydrogen (secondary N) is 12. The molecule has 1 aromatic carbocycles. The van der Waals surface area contributed by atoms with Crippen molar-refractivity contribution >= 4 is 113 Å². The highest BCUT2D eigenvalue weighted by molar-refractivity contribution is 7.80. The van der Waals surface area contributed by atoms with E-state index in [-0.39, 0.29) is 88.2 Å². The third-order valence-corrected chi connectivity index (χ3v) is 19.8. The van der Waals surface area contributed by atoms with Gasteiger partial charge in [-0.1, -0.05) is 169 Å². The van der Waals surface area contributed by atoms with Crippen LogP contribution >= 0.6 is 12.6 Å². The van der Waals surface area contributed by atoms with Crippen LogP contribution in [-0.4, -0.2) is 202 Å². The molecule has 14 atom stereocenters. The Morgan fingerprint density at radius 3 is 1.20 bits per heavy atom. The van der Waals surface area contributed by atoms with Crippen molar-refractivity contribution in [3.8, 4) is 0 Å². The number of thiol groups is 1. The zero-order chi connectivity index (χ0) is 86.7. The van der Waals surface area contributed by atoms with Gasteiger partial charge in [-0.3, -0.25) is 76.9 Å². The SMILES string of the molecule is CCCCCCCCCCCCCCCC(=O)N[C@H](C(=O)N[C@@H](C)C(=O)N[C@@H](CCCN=C(N)N)C(=O)N[C@@H](CCCCN)C(=O)N[C@@H](CC(C)C)C(=O)N[C@@H](CCC(N)=O)C(=O)N[C@@H](CS)C(=O)N[C@H](C(=O)N[C@@H](C)C(=O)N[C@@H](CC(=O)O)C(=O)N[C@@H](CCC(N)=O)C(=O)N[C@@H](Cc1ccccc1)C(=O)O)[C@@H](C)CC)[C@@H](C)CC. The zero-order valence-corrected chi connectivity index (χ0v) is 69.6. The lowest BCUT2D eigenvalue weighted by molar-refractivity contribution is -0.143. The van der Waals surface area contributed by atoms with E-state index in [1.807, 2.05) is 6.92 Å². The first-order valence-electron chi connectivity index (χ1n) is 40.5. The monoisotopic (exact) mass is 1640 g/mol. The van der Waals surface area contributed by atoms with Crippen molar-refractivity contribution < 1.29 is 86.9 Å². The summed E-state index contributed by atoms with van der Waals surface area (Å²) in [6.45, 7) is 15.4. The normalized spacial score (nSPS) is 14.8. The average Bonchev–Trinajstić information content (AvgIpc) is 0.850. The molecule has 0 spiro atoms. The Morgan fingerprint density at radius 1 is 0.400 bits per heavy atom. The maximum absolute atomic E-state index is 14.6. The van der Waals surface area contributed by atoms with Gasteiger partial charge in [0.05, 0.1) is 6.42 Å². The molecule has 0 bridgehead atoms. The second-order valence-corrected chi connectivity index (χ2v) is 30.3. The number of benzene rings is 1. The summed E-state index contributed by atoms with van der Waals surface area (Å²) in [7, 11) is 0. The number of carbonyl (C=O) groups excluding carboxylic acids is 14. The summed E-state index contributed by atoms with van der Waals surface area (Å²) in [5.74, 6) is -17.7. The maximum atomic E-state index is 14.6. The molecule has 650 valence electrons. The first-order chi connectivity index (χ1) is 54.4. The topological polar surface area (TPSA) is 600 Å². The van der Waals surface area contributed by atoms with Crippen LogP contribution in [0.15, 0.2) is 35.3 Å². The molecular formula is C78H134N18O18S. The maximum Gasteiger partial charge on any atom is 0.326 e. The van der Waals surface area contributed by atoms with E-state index in [9.17, 15) is 86.9 Å². The minimum Gasteiger partial charge on any atom is -0.481 e. The van der Waals surface area contributed by atoms with Crippen LogP contribution in [0.4, 0.5) is 0 Å². The van der Waals surface area contributed by atoms with Gasteiger partial charge in [0, 0.05) is 38.0 Å². The van der Waals surface area contributed by atoms with Crippen LogP contribution in [-0.2, 0) is 83.1 Å². The van der Waals surface area contributed by atoms with Crippen LogP contribution in [0, 0.1) is 17.8 Å². The number of hydrogen-bond donors (Lipinski definition) is 20. The van der Waals surface area contributed by atoms with Crippen molar-refractivity contribution in [2.45, 2.75) is 315 Å². The van der Waals surface area contributed by atoms with E-state index < -0.39 is 205 Å². The second kappa shape index (κ2) is 58.2. The molecule has 14 amide bonds. The number of aliphatic imine (C=N–C) groups is 1. The molecule has 0 saturated carbocycles. The number of nitrogens with zero attached hydrogens (tertiary/aromatic N) is 1. The van der Waals surface area contributed by atoms with Crippen LogP contribution < -0.4 is 92.5 Å². The van der Waals surface area contributed by atoms with E-state index in [0.29, 0.717) is 24.8 Å². The van der Waals surface area contributed by atoms with E-state index in [1.165, 1.54) is 58.3 Å². The summed E-state index contributed by atoms with van der Waals surface area (Å²) in [6.07, 6.45) is 13.3. The lowest BCUT2D eigenvalue weighted by Gasteiger charge is -2.29. The smallest absolute Gasteiger partial charge is 0.326 e. The molecule has 1 rings (SSSR count). The Morgan fingerprint density at radius 2 is 0.783 bits per heavy atom. The van der Waals surface area contributed by atoms with Gasteiger partial charge >= 0.3 is 11.9 Å². The summed E-state index contributed by atoms with van der Waals surface area (Å²) in [4.78, 5) is 221. The van der Waals surface area contributed by atoms with Crippen LogP contribution in [0.3, 0.4) is 0 Å². The van der Waals surface area contributed by atoms with E-state index in [0.717, 1.165) is 32.6 Å². The highest BCUT2D eigenvalue weighted by Crippen LogP contribution is 2.18. The number of amides is 14. The van der Waals surface area contributed by atoms with Gasteiger partial charge in [-0.15, -0.1) is 0 Å². The van der Waals surface area contributed by atoms with Crippen molar-refractivity contribution in [3.63, 3.8) is 0 Å². The third kappa shape index (κ3) is 44.1. The zero-order valence-electron chi connectivity index (χ0n) is 68.7. The standard InChI is InChI=1S/C78H134N18O18S/c1-10-13-14-15-16-17-18-19-20-21-22-23-27-35-62(99)95-64(47(6)11-2)75(111)85-49(8)66(102)87-53(34-30-41-84-78(82)83)68(104)88-52(33-28-29-40-79)69(105)92-56(42-46(4)5)72(108)89-55(37-39-61(81)98)71(107)94-59(45-115)74(110)96-65(48(7)12-3)76(112)86-50(9)67(103)91-57(44-63(100)101)73(109)90-54(36-38-60(80)97)70(106)93-58(77(113)114)43-51-31-25-24-26-32-51/h24-26,31-32,46-50,52-59,64-65,115H,10-23,27-30,33-45,79H2,1-9H3,(H2,80,97)(H2,81,98)(H,85,111)(H,86,112)(H,87,102)(H,88,104)(H,89,108)(H,90,109)(H,91,103)(H,92,105)(H,93,106)(H,94,107)(H,95,99)(H,96,110)(H,100,101)(H,113,114)(H4,82,83,84)/t47-,48-,49-,50-,52-,53-,54-,55-,56-,57-,58-,59-,64-,65-/m0/s1. The van der Waals surface area contributed by atoms with Crippen molar-refractivity contribution in [2.75, 3.05) is 18.8 Å². The first kappa shape index (κ1) is 103. The predicted octanol–water partition coefficient (Wildman–Crippen LogP) is 0.909. The van der Waals surface area contributed by atoms with Crippen molar-refractivity contribution in [3.05, 3.63) is 35.9 Å². The third-order valence-electron chi connectivity index (χ3n) is 19.5. The Hall–Kier alpha value is -9.68. The molecule has 0 fully saturated rings. The number of nitrogens with two attached hydrogens (primary N) is 5. The summed E-state index contributed by atoms with van der Waals surface area (Å²) >= 11 is 4.28. The van der Waals surface area contributed by atoms with E-state index in [4.69, 9.17) is 28.7 Å². The van der Waals surface area contributed by atoms with Gasteiger partial charge in [0.2, 0.25) is 82.7 Å². The number of carbonyl (C=O) groups is 16. The molecule has 37 heteroatoms. The number of guanidine groups is 1. The highest BCUT2D eigenvalue weighted by atomic mass is 32.1. The fourth-order valence-electron chi connectivity index (χ4n) is 12.1. The molecule has 0 aromatic heterocycles. The Balaban J connectivity index is 3.42. The van der Waals surface area contributed by atoms with Crippen molar-refractivity contribution in [1.29, 1.82) is 0 Å². The first-order valence-corrected chi connectivity index (χ1v) is 41.1. The molecule has 0 heterocycles.